The minimum Gasteiger partial charge on any atom is -0.508 e. The van der Waals surface area contributed by atoms with Crippen molar-refractivity contribution in [1.29, 1.82) is 0 Å². The van der Waals surface area contributed by atoms with Crippen molar-refractivity contribution in [1.82, 2.24) is 31.5 Å². The molecule has 2 fully saturated rings. The summed E-state index contributed by atoms with van der Waals surface area (Å²) in [5.74, 6) is -4.50. The van der Waals surface area contributed by atoms with Gasteiger partial charge in [0.15, 0.2) is 0 Å². The molecule has 0 bridgehead atoms. The normalized spacial score (nSPS) is 23.1. The second-order valence-electron chi connectivity index (χ2n) is 13.1. The zero-order chi connectivity index (χ0) is 37.6. The minimum atomic E-state index is -1.36. The zero-order valence-electron chi connectivity index (χ0n) is 29.0. The van der Waals surface area contributed by atoms with Crippen LogP contribution in [0.1, 0.15) is 56.1 Å². The summed E-state index contributed by atoms with van der Waals surface area (Å²) in [5, 5.41) is 22.7. The van der Waals surface area contributed by atoms with Crippen LogP contribution >= 0.6 is 0 Å². The van der Waals surface area contributed by atoms with E-state index in [4.69, 9.17) is 11.5 Å². The molecule has 0 spiro atoms. The van der Waals surface area contributed by atoms with E-state index in [1.165, 1.54) is 17.0 Å². The summed E-state index contributed by atoms with van der Waals surface area (Å²) in [6.07, 6.45) is 2.32. The molecule has 7 amide bonds. The van der Waals surface area contributed by atoms with Gasteiger partial charge in [-0.25, -0.2) is 0 Å². The van der Waals surface area contributed by atoms with E-state index in [1.54, 1.807) is 42.5 Å². The standard InChI is InChI=1S/C36H48N8O8/c37-25(18-23-12-14-24(45)15-13-23)33(49)42-26-10-4-6-16-39-30(46)20-28(36(52)44-17-7-5-11-29(44)32(38)48)43-35(51)27(19-22-8-2-1-3-9-22)41-31(47)21-40-34(26)50/h1-3,8-9,12-15,25-29,45H,4-7,10-11,16-21,37H2,(H2,38,48)(H,39,46)(H,40,50)(H,41,47)(H,42,49)(H,43,51)/t25-,26+,27-,28+,29-/m0/s1. The third-order valence-electron chi connectivity index (χ3n) is 9.08. The van der Waals surface area contributed by atoms with E-state index in [-0.39, 0.29) is 38.1 Å². The molecule has 4 rings (SSSR count). The number of likely N-dealkylation sites (tertiary alicyclic amines) is 1. The van der Waals surface area contributed by atoms with Crippen molar-refractivity contribution in [2.24, 2.45) is 11.5 Å². The van der Waals surface area contributed by atoms with Crippen LogP contribution in [-0.4, -0.2) is 101 Å². The number of nitrogens with two attached hydrogens (primary N) is 2. The summed E-state index contributed by atoms with van der Waals surface area (Å²) in [5.41, 5.74) is 13.1. The Morgan fingerprint density at radius 1 is 0.846 bits per heavy atom. The molecule has 2 aromatic rings. The summed E-state index contributed by atoms with van der Waals surface area (Å²) < 4.78 is 0. The Morgan fingerprint density at radius 3 is 2.27 bits per heavy atom. The van der Waals surface area contributed by atoms with Crippen LogP contribution in [-0.2, 0) is 46.4 Å². The Kier molecular flexibility index (Phi) is 14.5. The van der Waals surface area contributed by atoms with E-state index in [0.29, 0.717) is 43.2 Å². The van der Waals surface area contributed by atoms with Crippen LogP contribution in [0.3, 0.4) is 0 Å². The highest BCUT2D eigenvalue weighted by atomic mass is 16.3. The topological polar surface area (TPSA) is 255 Å². The van der Waals surface area contributed by atoms with Crippen molar-refractivity contribution in [3.05, 3.63) is 65.7 Å². The number of hydrogen-bond acceptors (Lipinski definition) is 9. The molecule has 5 atom stereocenters. The van der Waals surface area contributed by atoms with Gasteiger partial charge in [-0.2, -0.15) is 0 Å². The number of phenolic OH excluding ortho intramolecular Hbond substituents is 1. The molecule has 16 heteroatoms. The molecule has 2 heterocycles. The fraction of sp³-hybridized carbons (Fsp3) is 0.472. The number of phenols is 1. The molecule has 0 unspecified atom stereocenters. The number of aromatic hydroxyl groups is 1. The maximum Gasteiger partial charge on any atom is 0.246 e. The van der Waals surface area contributed by atoms with Crippen LogP contribution < -0.4 is 38.1 Å². The number of benzene rings is 2. The van der Waals surface area contributed by atoms with Crippen LogP contribution in [0, 0.1) is 0 Å². The van der Waals surface area contributed by atoms with Gasteiger partial charge in [0.1, 0.15) is 29.9 Å². The maximum absolute atomic E-state index is 13.8. The van der Waals surface area contributed by atoms with Crippen molar-refractivity contribution in [2.75, 3.05) is 19.6 Å². The molecular formula is C36H48N8O8. The molecule has 0 aromatic heterocycles. The first kappa shape index (κ1) is 39.3. The van der Waals surface area contributed by atoms with Crippen molar-refractivity contribution in [3.63, 3.8) is 0 Å². The van der Waals surface area contributed by atoms with Gasteiger partial charge in [-0.1, -0.05) is 42.5 Å². The molecule has 16 nitrogen and oxygen atoms in total. The van der Waals surface area contributed by atoms with Gasteiger partial charge in [0, 0.05) is 19.5 Å². The molecule has 2 aromatic carbocycles. The number of hydrogen-bond donors (Lipinski definition) is 8. The Labute approximate surface area is 301 Å². The smallest absolute Gasteiger partial charge is 0.246 e. The van der Waals surface area contributed by atoms with Gasteiger partial charge in [0.05, 0.1) is 19.0 Å². The van der Waals surface area contributed by atoms with E-state index >= 15 is 0 Å². The van der Waals surface area contributed by atoms with Crippen molar-refractivity contribution in [2.45, 2.75) is 88.0 Å². The predicted molar refractivity (Wildman–Crippen MR) is 189 cm³/mol. The fourth-order valence-corrected chi connectivity index (χ4v) is 6.24. The van der Waals surface area contributed by atoms with Gasteiger partial charge in [0.2, 0.25) is 41.4 Å². The first-order valence-electron chi connectivity index (χ1n) is 17.5. The zero-order valence-corrected chi connectivity index (χ0v) is 29.0. The molecule has 2 saturated heterocycles. The Bertz CT molecular complexity index is 1590. The number of nitrogens with one attached hydrogen (secondary N) is 5. The molecule has 0 aliphatic carbocycles. The van der Waals surface area contributed by atoms with E-state index in [0.717, 1.165) is 0 Å². The molecule has 10 N–H and O–H groups in total. The third-order valence-corrected chi connectivity index (χ3v) is 9.08. The van der Waals surface area contributed by atoms with Gasteiger partial charge in [0.25, 0.3) is 0 Å². The summed E-state index contributed by atoms with van der Waals surface area (Å²) in [6.45, 7) is -0.135. The summed E-state index contributed by atoms with van der Waals surface area (Å²) in [7, 11) is 0. The highest BCUT2D eigenvalue weighted by molar-refractivity contribution is 5.97. The van der Waals surface area contributed by atoms with Crippen molar-refractivity contribution < 1.29 is 38.7 Å². The highest BCUT2D eigenvalue weighted by Gasteiger charge is 2.37. The van der Waals surface area contributed by atoms with Crippen LogP contribution in [0.2, 0.25) is 0 Å². The number of primary amides is 1. The van der Waals surface area contributed by atoms with Crippen LogP contribution in [0.15, 0.2) is 54.6 Å². The van der Waals surface area contributed by atoms with Crippen LogP contribution in [0.4, 0.5) is 0 Å². The molecule has 0 saturated carbocycles. The van der Waals surface area contributed by atoms with E-state index in [1.807, 2.05) is 0 Å². The van der Waals surface area contributed by atoms with E-state index in [9.17, 15) is 38.7 Å². The molecular weight excluding hydrogens is 672 g/mol. The lowest BCUT2D eigenvalue weighted by atomic mass is 9.99. The van der Waals surface area contributed by atoms with Gasteiger partial charge < -0.3 is 48.1 Å². The van der Waals surface area contributed by atoms with Gasteiger partial charge in [-0.3, -0.25) is 33.6 Å². The summed E-state index contributed by atoms with van der Waals surface area (Å²) >= 11 is 0. The lowest BCUT2D eigenvalue weighted by Gasteiger charge is -2.36. The SMILES string of the molecule is NC(=O)[C@@H]1CCCCN1C(=O)[C@H]1CC(=O)NCCCC[C@@H](NC(=O)[C@@H](N)Cc2ccc(O)cc2)C(=O)NCC(=O)N[C@@H](Cc2ccccc2)C(=O)N1. The molecule has 0 radical (unpaired) electrons. The Balaban J connectivity index is 1.52. The highest BCUT2D eigenvalue weighted by Crippen LogP contribution is 2.19. The number of piperidine rings is 1. The summed E-state index contributed by atoms with van der Waals surface area (Å²) in [6, 6.07) is 9.48. The van der Waals surface area contributed by atoms with E-state index < -0.39 is 84.5 Å². The van der Waals surface area contributed by atoms with Crippen LogP contribution in [0.25, 0.3) is 0 Å². The average Bonchev–Trinajstić information content (AvgIpc) is 3.13. The Hall–Kier alpha value is -5.51. The van der Waals surface area contributed by atoms with Crippen molar-refractivity contribution >= 4 is 41.4 Å². The number of carbonyl (C=O) groups excluding carboxylic acids is 7. The van der Waals surface area contributed by atoms with Gasteiger partial charge in [-0.05, 0) is 68.2 Å². The lowest BCUT2D eigenvalue weighted by Crippen LogP contribution is -2.60. The lowest BCUT2D eigenvalue weighted by molar-refractivity contribution is -0.145. The van der Waals surface area contributed by atoms with E-state index in [2.05, 4.69) is 26.6 Å². The third kappa shape index (κ3) is 11.8. The number of amides is 7. The monoisotopic (exact) mass is 720 g/mol. The molecule has 2 aliphatic heterocycles. The average molecular weight is 721 g/mol. The molecule has 2 aliphatic rings. The predicted octanol–water partition coefficient (Wildman–Crippen LogP) is -1.37. The molecule has 52 heavy (non-hydrogen) atoms. The van der Waals surface area contributed by atoms with Crippen LogP contribution in [0.5, 0.6) is 5.75 Å². The van der Waals surface area contributed by atoms with Gasteiger partial charge in [-0.15, -0.1) is 0 Å². The Morgan fingerprint density at radius 2 is 1.56 bits per heavy atom. The number of rotatable bonds is 8. The van der Waals surface area contributed by atoms with Gasteiger partial charge >= 0.3 is 0 Å². The van der Waals surface area contributed by atoms with Crippen molar-refractivity contribution in [3.8, 4) is 5.75 Å². The number of carbonyl (C=O) groups is 7. The fourth-order valence-electron chi connectivity index (χ4n) is 6.24. The number of nitrogens with zero attached hydrogens (tertiary/aromatic N) is 1. The second kappa shape index (κ2) is 19.2. The second-order valence-corrected chi connectivity index (χ2v) is 13.1. The molecule has 280 valence electrons. The maximum atomic E-state index is 13.8. The first-order chi connectivity index (χ1) is 24.9. The summed E-state index contributed by atoms with van der Waals surface area (Å²) in [4.78, 5) is 93.8. The quantitative estimate of drug-likeness (QED) is 0.160. The minimum absolute atomic E-state index is 0.0185. The largest absolute Gasteiger partial charge is 0.508 e. The first-order valence-corrected chi connectivity index (χ1v) is 17.5.